The zero-order valence-corrected chi connectivity index (χ0v) is 19.8. The van der Waals surface area contributed by atoms with E-state index in [1.54, 1.807) is 19.9 Å². The summed E-state index contributed by atoms with van der Waals surface area (Å²) < 4.78 is 73.3. The Morgan fingerprint density at radius 2 is 1.89 bits per heavy atom. The lowest BCUT2D eigenvalue weighted by Gasteiger charge is -2.23. The zero-order valence-electron chi connectivity index (χ0n) is 19.8. The zero-order chi connectivity index (χ0) is 25.8. The minimum Gasteiger partial charge on any atom is -0.497 e. The van der Waals surface area contributed by atoms with Crippen LogP contribution in [0.25, 0.3) is 6.08 Å². The van der Waals surface area contributed by atoms with E-state index in [4.69, 9.17) is 28.4 Å². The van der Waals surface area contributed by atoms with Crippen molar-refractivity contribution in [2.45, 2.75) is 63.1 Å². The number of esters is 1. The maximum Gasteiger partial charge on any atom is 0.425 e. The van der Waals surface area contributed by atoms with E-state index in [0.29, 0.717) is 5.75 Å². The first-order valence-corrected chi connectivity index (χ1v) is 10.9. The van der Waals surface area contributed by atoms with Gasteiger partial charge in [0, 0.05) is 19.6 Å². The predicted octanol–water partition coefficient (Wildman–Crippen LogP) is 4.01. The minimum atomic E-state index is -4.85. The quantitative estimate of drug-likeness (QED) is 0.375. The van der Waals surface area contributed by atoms with Crippen LogP contribution in [-0.4, -0.2) is 68.5 Å². The van der Waals surface area contributed by atoms with E-state index < -0.39 is 48.8 Å². The second-order valence-electron chi connectivity index (χ2n) is 8.51. The highest BCUT2D eigenvalue weighted by Gasteiger charge is 2.45. The third kappa shape index (κ3) is 6.75. The molecule has 0 aromatic heterocycles. The number of rotatable bonds is 4. The number of aliphatic hydroxyl groups is 1. The lowest BCUT2D eigenvalue weighted by atomic mass is 10.0. The van der Waals surface area contributed by atoms with Gasteiger partial charge in [0.1, 0.15) is 29.3 Å². The monoisotopic (exact) mass is 502 g/mol. The van der Waals surface area contributed by atoms with Gasteiger partial charge in [-0.2, -0.15) is 13.2 Å². The molecular weight excluding hydrogens is 473 g/mol. The number of aliphatic hydroxyl groups excluding tert-OH is 1. The van der Waals surface area contributed by atoms with E-state index in [1.165, 1.54) is 38.5 Å². The van der Waals surface area contributed by atoms with Crippen molar-refractivity contribution in [3.05, 3.63) is 41.5 Å². The molecule has 1 unspecified atom stereocenters. The molecule has 2 aliphatic heterocycles. The summed E-state index contributed by atoms with van der Waals surface area (Å²) in [5.74, 6) is -1.99. The number of carbonyl (C=O) groups excluding carboxylic acids is 1. The molecule has 11 heteroatoms. The van der Waals surface area contributed by atoms with Crippen molar-refractivity contribution < 1.29 is 51.5 Å². The molecule has 0 bridgehead atoms. The molecule has 2 heterocycles. The smallest absolute Gasteiger partial charge is 0.425 e. The summed E-state index contributed by atoms with van der Waals surface area (Å²) in [6, 6.07) is 2.84. The number of hydrogen-bond donors (Lipinski definition) is 1. The number of hydrogen-bond acceptors (Lipinski definition) is 8. The topological polar surface area (TPSA) is 92.7 Å². The first kappa shape index (κ1) is 27.0. The van der Waals surface area contributed by atoms with Crippen molar-refractivity contribution in [3.63, 3.8) is 0 Å². The fourth-order valence-electron chi connectivity index (χ4n) is 3.87. The van der Waals surface area contributed by atoms with Crippen LogP contribution in [0.3, 0.4) is 0 Å². The third-order valence-electron chi connectivity index (χ3n) is 5.40. The molecule has 0 amide bonds. The molecule has 2 aliphatic rings. The molecule has 1 saturated heterocycles. The molecule has 0 radical (unpaired) electrons. The number of methoxy groups -OCH3 is 2. The van der Waals surface area contributed by atoms with E-state index in [0.717, 1.165) is 6.08 Å². The second kappa shape index (κ2) is 11.0. The van der Waals surface area contributed by atoms with Crippen LogP contribution >= 0.6 is 0 Å². The summed E-state index contributed by atoms with van der Waals surface area (Å²) in [7, 11) is 2.76. The maximum atomic E-state index is 13.7. The van der Waals surface area contributed by atoms with Gasteiger partial charge in [0.2, 0.25) is 6.10 Å². The van der Waals surface area contributed by atoms with E-state index in [-0.39, 0.29) is 30.1 Å². The summed E-state index contributed by atoms with van der Waals surface area (Å²) in [6.07, 6.45) is -4.87. The Balaban J connectivity index is 2.10. The Bertz CT molecular complexity index is 957. The SMILES string of the molecule is COCOc1cc(OC)cc2c1C(=O)O[C@@H](C(F)(F)F)CC=CC(O)[C@H]1OC(C)(C)O[C@H]1CC=C2. The minimum absolute atomic E-state index is 0.0608. The van der Waals surface area contributed by atoms with Crippen LogP contribution < -0.4 is 9.47 Å². The lowest BCUT2D eigenvalue weighted by Crippen LogP contribution is -2.35. The Morgan fingerprint density at radius 3 is 2.54 bits per heavy atom. The van der Waals surface area contributed by atoms with Crippen LogP contribution in [0.5, 0.6) is 11.5 Å². The molecule has 4 atom stereocenters. The predicted molar refractivity (Wildman–Crippen MR) is 118 cm³/mol. The molecule has 1 N–H and O–H groups in total. The van der Waals surface area contributed by atoms with Gasteiger partial charge in [0.25, 0.3) is 0 Å². The first-order chi connectivity index (χ1) is 16.4. The highest BCUT2D eigenvalue weighted by molar-refractivity contribution is 5.97. The molecule has 1 aromatic carbocycles. The Kier molecular flexibility index (Phi) is 8.47. The molecule has 0 aliphatic carbocycles. The van der Waals surface area contributed by atoms with Crippen LogP contribution in [0.4, 0.5) is 13.2 Å². The van der Waals surface area contributed by atoms with E-state index in [1.807, 2.05) is 0 Å². The van der Waals surface area contributed by atoms with Crippen molar-refractivity contribution in [2.24, 2.45) is 0 Å². The van der Waals surface area contributed by atoms with Crippen molar-refractivity contribution in [1.82, 2.24) is 0 Å². The number of alkyl halides is 3. The molecule has 3 rings (SSSR count). The largest absolute Gasteiger partial charge is 0.497 e. The summed E-state index contributed by atoms with van der Waals surface area (Å²) in [5, 5.41) is 10.6. The standard InChI is InChI=1S/C24H29F3O8/c1-23(2)34-17-9-5-7-14-11-15(31-4)12-18(32-13-30-3)20(14)22(29)33-19(24(25,26)27)10-6-8-16(28)21(17)35-23/h5-8,11-12,16-17,19,21,28H,9-10,13H2,1-4H3/t16?,17-,19+,21+/m0/s1. The van der Waals surface area contributed by atoms with Crippen LogP contribution in [0.1, 0.15) is 42.6 Å². The number of cyclic esters (lactones) is 1. The van der Waals surface area contributed by atoms with Crippen molar-refractivity contribution >= 4 is 12.0 Å². The molecule has 1 aromatic rings. The fraction of sp³-hybridized carbons (Fsp3) is 0.542. The van der Waals surface area contributed by atoms with E-state index in [2.05, 4.69) is 0 Å². The van der Waals surface area contributed by atoms with E-state index >= 15 is 0 Å². The molecule has 35 heavy (non-hydrogen) atoms. The van der Waals surface area contributed by atoms with Crippen molar-refractivity contribution in [3.8, 4) is 11.5 Å². The van der Waals surface area contributed by atoms with E-state index in [9.17, 15) is 23.1 Å². The lowest BCUT2D eigenvalue weighted by molar-refractivity contribution is -0.203. The molecule has 0 saturated carbocycles. The van der Waals surface area contributed by atoms with Gasteiger partial charge < -0.3 is 33.5 Å². The molecule has 8 nitrogen and oxygen atoms in total. The van der Waals surface area contributed by atoms with Crippen LogP contribution in [0, 0.1) is 0 Å². The summed E-state index contributed by atoms with van der Waals surface area (Å²) in [5.41, 5.74) is -0.000790. The van der Waals surface area contributed by atoms with Gasteiger partial charge in [-0.25, -0.2) is 4.79 Å². The average Bonchev–Trinajstić information content (AvgIpc) is 3.09. The first-order valence-electron chi connectivity index (χ1n) is 10.9. The Morgan fingerprint density at radius 1 is 1.14 bits per heavy atom. The number of fused-ring (bicyclic) bond motifs is 2. The fourth-order valence-corrected chi connectivity index (χ4v) is 3.87. The molecule has 194 valence electrons. The van der Waals surface area contributed by atoms with Gasteiger partial charge in [-0.3, -0.25) is 0 Å². The normalized spacial score (nSPS) is 26.9. The summed E-state index contributed by atoms with van der Waals surface area (Å²) in [4.78, 5) is 13.0. The maximum absolute atomic E-state index is 13.7. The van der Waals surface area contributed by atoms with Crippen LogP contribution in [0.2, 0.25) is 0 Å². The summed E-state index contributed by atoms with van der Waals surface area (Å²) >= 11 is 0. The Hall–Kier alpha value is -2.60. The summed E-state index contributed by atoms with van der Waals surface area (Å²) in [6.45, 7) is 3.10. The van der Waals surface area contributed by atoms with Gasteiger partial charge >= 0.3 is 12.1 Å². The average molecular weight is 502 g/mol. The van der Waals surface area contributed by atoms with Crippen LogP contribution in [0.15, 0.2) is 30.4 Å². The molecule has 0 spiro atoms. The van der Waals surface area contributed by atoms with Crippen molar-refractivity contribution in [1.29, 1.82) is 0 Å². The van der Waals surface area contributed by atoms with Crippen molar-refractivity contribution in [2.75, 3.05) is 21.0 Å². The number of carbonyl (C=O) groups is 1. The molecule has 1 fully saturated rings. The number of benzene rings is 1. The number of halogens is 3. The van der Waals surface area contributed by atoms with Gasteiger partial charge in [0.15, 0.2) is 12.6 Å². The Labute approximate surface area is 201 Å². The second-order valence-corrected chi connectivity index (χ2v) is 8.51. The van der Waals surface area contributed by atoms with Crippen LogP contribution in [-0.2, 0) is 18.9 Å². The number of ether oxygens (including phenoxy) is 6. The van der Waals surface area contributed by atoms with Gasteiger partial charge in [-0.15, -0.1) is 0 Å². The third-order valence-corrected chi connectivity index (χ3v) is 5.40. The highest BCUT2D eigenvalue weighted by Crippen LogP contribution is 2.36. The van der Waals surface area contributed by atoms with Gasteiger partial charge in [-0.1, -0.05) is 24.3 Å². The molecular formula is C24H29F3O8. The highest BCUT2D eigenvalue weighted by atomic mass is 19.4. The van der Waals surface area contributed by atoms with Gasteiger partial charge in [-0.05, 0) is 31.9 Å². The van der Waals surface area contributed by atoms with Gasteiger partial charge in [0.05, 0.1) is 13.2 Å².